The maximum Gasteiger partial charge on any atom is 0.192 e. The average molecular weight is 413 g/mol. The molecule has 136 valence electrons. The number of fused-ring (bicyclic) bond motifs is 1. The van der Waals surface area contributed by atoms with E-state index in [1.54, 1.807) is 18.3 Å². The highest BCUT2D eigenvalue weighted by molar-refractivity contribution is 7.90. The van der Waals surface area contributed by atoms with Gasteiger partial charge < -0.3 is 9.47 Å². The molecular formula is C17H14Cl2N2O4S. The Bertz CT molecular complexity index is 1090. The fourth-order valence-electron chi connectivity index (χ4n) is 2.47. The first-order chi connectivity index (χ1) is 12.3. The van der Waals surface area contributed by atoms with Crippen molar-refractivity contribution in [2.24, 2.45) is 0 Å². The van der Waals surface area contributed by atoms with Crippen LogP contribution in [0.2, 0.25) is 10.0 Å². The Balaban J connectivity index is 2.23. The zero-order valence-corrected chi connectivity index (χ0v) is 16.4. The molecule has 3 rings (SSSR count). The minimum absolute atomic E-state index is 0.0151. The monoisotopic (exact) mass is 412 g/mol. The molecule has 0 saturated carbocycles. The minimum atomic E-state index is -3.40. The van der Waals surface area contributed by atoms with Crippen LogP contribution >= 0.6 is 23.2 Å². The molecule has 2 heterocycles. The Morgan fingerprint density at radius 2 is 1.42 bits per heavy atom. The van der Waals surface area contributed by atoms with Gasteiger partial charge in [-0.1, -0.05) is 23.2 Å². The summed E-state index contributed by atoms with van der Waals surface area (Å²) in [6.45, 7) is 0. The molecule has 0 N–H and O–H groups in total. The molecule has 0 saturated heterocycles. The fourth-order valence-corrected chi connectivity index (χ4v) is 3.75. The normalized spacial score (nSPS) is 11.6. The Kier molecular flexibility index (Phi) is 4.96. The Labute approximate surface area is 160 Å². The second-order valence-electron chi connectivity index (χ2n) is 5.50. The van der Waals surface area contributed by atoms with Crippen LogP contribution in [0.25, 0.3) is 22.0 Å². The van der Waals surface area contributed by atoms with Gasteiger partial charge in [-0.15, -0.1) is 0 Å². The molecule has 0 unspecified atom stereocenters. The molecule has 0 fully saturated rings. The van der Waals surface area contributed by atoms with Gasteiger partial charge >= 0.3 is 0 Å². The Morgan fingerprint density at radius 3 is 1.96 bits per heavy atom. The van der Waals surface area contributed by atoms with E-state index < -0.39 is 9.84 Å². The third-order valence-electron chi connectivity index (χ3n) is 3.79. The molecule has 0 atom stereocenters. The standard InChI is InChI=1S/C17H14Cl2N2O4S/c1-24-12-6-13(25-2)17(19)15(16(12)18)11-4-9-8-21-14(26(3,22)23)5-10(9)7-20-11/h4-8H,1-3H3. The summed E-state index contributed by atoms with van der Waals surface area (Å²) in [4.78, 5) is 8.36. The maximum atomic E-state index is 11.6. The summed E-state index contributed by atoms with van der Waals surface area (Å²) < 4.78 is 33.8. The van der Waals surface area contributed by atoms with Gasteiger partial charge in [-0.3, -0.25) is 4.98 Å². The topological polar surface area (TPSA) is 78.4 Å². The second kappa shape index (κ2) is 6.90. The number of nitrogens with zero attached hydrogens (tertiary/aromatic N) is 2. The van der Waals surface area contributed by atoms with Crippen LogP contribution in [-0.4, -0.2) is 38.9 Å². The fraction of sp³-hybridized carbons (Fsp3) is 0.176. The molecule has 0 bridgehead atoms. The van der Waals surface area contributed by atoms with Crippen molar-refractivity contribution < 1.29 is 17.9 Å². The van der Waals surface area contributed by atoms with E-state index >= 15 is 0 Å². The number of hydrogen-bond donors (Lipinski definition) is 0. The van der Waals surface area contributed by atoms with Gasteiger partial charge in [0, 0.05) is 41.1 Å². The quantitative estimate of drug-likeness (QED) is 0.643. The molecule has 9 heteroatoms. The largest absolute Gasteiger partial charge is 0.495 e. The third kappa shape index (κ3) is 3.30. The summed E-state index contributed by atoms with van der Waals surface area (Å²) in [6.07, 6.45) is 4.11. The zero-order valence-electron chi connectivity index (χ0n) is 14.1. The van der Waals surface area contributed by atoms with E-state index in [0.717, 1.165) is 6.26 Å². The van der Waals surface area contributed by atoms with Crippen molar-refractivity contribution in [1.29, 1.82) is 0 Å². The summed E-state index contributed by atoms with van der Waals surface area (Å²) >= 11 is 12.8. The number of methoxy groups -OCH3 is 2. The highest BCUT2D eigenvalue weighted by atomic mass is 35.5. The Hall–Kier alpha value is -2.09. The van der Waals surface area contributed by atoms with E-state index in [9.17, 15) is 8.42 Å². The number of pyridine rings is 2. The van der Waals surface area contributed by atoms with E-state index in [2.05, 4.69) is 9.97 Å². The summed E-state index contributed by atoms with van der Waals surface area (Å²) in [5, 5.41) is 1.90. The Morgan fingerprint density at radius 1 is 0.885 bits per heavy atom. The van der Waals surface area contributed by atoms with Gasteiger partial charge in [0.25, 0.3) is 0 Å². The van der Waals surface area contributed by atoms with Crippen molar-refractivity contribution in [3.8, 4) is 22.8 Å². The van der Waals surface area contributed by atoms with E-state index in [0.29, 0.717) is 43.6 Å². The first-order valence-corrected chi connectivity index (χ1v) is 9.97. The van der Waals surface area contributed by atoms with Crippen LogP contribution < -0.4 is 9.47 Å². The second-order valence-corrected chi connectivity index (χ2v) is 8.21. The molecule has 6 nitrogen and oxygen atoms in total. The number of rotatable bonds is 4. The van der Waals surface area contributed by atoms with Crippen molar-refractivity contribution in [1.82, 2.24) is 9.97 Å². The van der Waals surface area contributed by atoms with Gasteiger partial charge in [-0.2, -0.15) is 0 Å². The molecule has 2 aromatic heterocycles. The van der Waals surface area contributed by atoms with Crippen LogP contribution in [0.1, 0.15) is 0 Å². The summed E-state index contributed by atoms with van der Waals surface area (Å²) in [5.74, 6) is 0.797. The van der Waals surface area contributed by atoms with E-state index in [1.165, 1.54) is 26.5 Å². The molecule has 0 radical (unpaired) electrons. The number of aromatic nitrogens is 2. The van der Waals surface area contributed by atoms with Crippen LogP contribution in [0.3, 0.4) is 0 Å². The predicted octanol–water partition coefficient (Wildman–Crippen LogP) is 4.02. The summed E-state index contributed by atoms with van der Waals surface area (Å²) in [6, 6.07) is 4.78. The smallest absolute Gasteiger partial charge is 0.192 e. The SMILES string of the molecule is COc1cc(OC)c(Cl)c(-c2cc3cnc(S(C)(=O)=O)cc3cn2)c1Cl. The van der Waals surface area contributed by atoms with Crippen molar-refractivity contribution >= 4 is 43.8 Å². The van der Waals surface area contributed by atoms with Gasteiger partial charge in [-0.05, 0) is 12.1 Å². The molecule has 26 heavy (non-hydrogen) atoms. The minimum Gasteiger partial charge on any atom is -0.495 e. The van der Waals surface area contributed by atoms with E-state index in [1.807, 2.05) is 0 Å². The number of sulfone groups is 1. The highest BCUT2D eigenvalue weighted by Crippen LogP contribution is 2.45. The van der Waals surface area contributed by atoms with Crippen molar-refractivity contribution in [3.63, 3.8) is 0 Å². The number of ether oxygens (including phenoxy) is 2. The van der Waals surface area contributed by atoms with Gasteiger partial charge in [0.15, 0.2) is 14.9 Å². The lowest BCUT2D eigenvalue weighted by Crippen LogP contribution is -2.00. The highest BCUT2D eigenvalue weighted by Gasteiger charge is 2.20. The maximum absolute atomic E-state index is 11.6. The summed E-state index contributed by atoms with van der Waals surface area (Å²) in [7, 11) is -0.424. The van der Waals surface area contributed by atoms with Gasteiger partial charge in [0.05, 0.1) is 30.0 Å². The van der Waals surface area contributed by atoms with Crippen molar-refractivity contribution in [2.45, 2.75) is 5.03 Å². The number of halogens is 2. The van der Waals surface area contributed by atoms with Crippen LogP contribution in [-0.2, 0) is 9.84 Å². The van der Waals surface area contributed by atoms with Gasteiger partial charge in [-0.25, -0.2) is 13.4 Å². The first-order valence-electron chi connectivity index (χ1n) is 7.32. The van der Waals surface area contributed by atoms with Gasteiger partial charge in [0.1, 0.15) is 11.5 Å². The number of hydrogen-bond acceptors (Lipinski definition) is 6. The lowest BCUT2D eigenvalue weighted by Gasteiger charge is -2.14. The van der Waals surface area contributed by atoms with Crippen molar-refractivity contribution in [2.75, 3.05) is 20.5 Å². The summed E-state index contributed by atoms with van der Waals surface area (Å²) in [5.41, 5.74) is 0.942. The van der Waals surface area contributed by atoms with E-state index in [4.69, 9.17) is 32.7 Å². The van der Waals surface area contributed by atoms with E-state index in [-0.39, 0.29) is 5.03 Å². The van der Waals surface area contributed by atoms with Crippen LogP contribution in [0.15, 0.2) is 35.6 Å². The van der Waals surface area contributed by atoms with Crippen LogP contribution in [0.5, 0.6) is 11.5 Å². The van der Waals surface area contributed by atoms with Crippen LogP contribution in [0, 0.1) is 0 Å². The van der Waals surface area contributed by atoms with Gasteiger partial charge in [0.2, 0.25) is 0 Å². The lowest BCUT2D eigenvalue weighted by molar-refractivity contribution is 0.395. The molecule has 0 amide bonds. The predicted molar refractivity (Wildman–Crippen MR) is 101 cm³/mol. The van der Waals surface area contributed by atoms with Crippen LogP contribution in [0.4, 0.5) is 0 Å². The molecule has 0 aliphatic heterocycles. The number of benzene rings is 1. The molecule has 1 aromatic carbocycles. The molecule has 3 aromatic rings. The molecule has 0 spiro atoms. The molecule has 0 aliphatic rings. The third-order valence-corrected chi connectivity index (χ3v) is 5.52. The average Bonchev–Trinajstić information content (AvgIpc) is 2.61. The lowest BCUT2D eigenvalue weighted by atomic mass is 10.1. The molecule has 0 aliphatic carbocycles. The van der Waals surface area contributed by atoms with Crippen molar-refractivity contribution in [3.05, 3.63) is 40.6 Å². The zero-order chi connectivity index (χ0) is 19.1. The first kappa shape index (κ1) is 18.7. The molecular weight excluding hydrogens is 399 g/mol.